The summed E-state index contributed by atoms with van der Waals surface area (Å²) < 4.78 is 16.4. The van der Waals surface area contributed by atoms with E-state index in [9.17, 15) is 0 Å². The van der Waals surface area contributed by atoms with Crippen LogP contribution in [-0.4, -0.2) is 51.5 Å². The van der Waals surface area contributed by atoms with Gasteiger partial charge in [-0.1, -0.05) is 24.3 Å². The van der Waals surface area contributed by atoms with E-state index in [0.29, 0.717) is 12.6 Å². The van der Waals surface area contributed by atoms with Crippen LogP contribution in [-0.2, 0) is 11.3 Å². The Morgan fingerprint density at radius 2 is 1.85 bits per heavy atom. The predicted molar refractivity (Wildman–Crippen MR) is 107 cm³/mol. The molecule has 146 valence electrons. The van der Waals surface area contributed by atoms with Gasteiger partial charge in [0, 0.05) is 32.2 Å². The van der Waals surface area contributed by atoms with Gasteiger partial charge in [0.2, 0.25) is 0 Å². The zero-order chi connectivity index (χ0) is 18.9. The molecule has 1 aliphatic rings. The SMILES string of the molecule is CCOc1cccc(CNCC(c2ccc(OC)cc2)N2CCOCC2)c1. The topological polar surface area (TPSA) is 43.0 Å². The molecule has 1 heterocycles. The molecule has 0 aliphatic carbocycles. The molecule has 1 aliphatic heterocycles. The highest BCUT2D eigenvalue weighted by Crippen LogP contribution is 2.24. The number of hydrogen-bond acceptors (Lipinski definition) is 5. The van der Waals surface area contributed by atoms with Crippen LogP contribution in [0.3, 0.4) is 0 Å². The first kappa shape index (κ1) is 19.7. The Hall–Kier alpha value is -2.08. The average molecular weight is 370 g/mol. The largest absolute Gasteiger partial charge is 0.497 e. The lowest BCUT2D eigenvalue weighted by molar-refractivity contribution is 0.0161. The van der Waals surface area contributed by atoms with Gasteiger partial charge in [-0.25, -0.2) is 0 Å². The molecule has 2 aromatic rings. The molecule has 2 aromatic carbocycles. The number of benzene rings is 2. The third kappa shape index (κ3) is 5.70. The number of ether oxygens (including phenoxy) is 3. The highest BCUT2D eigenvalue weighted by atomic mass is 16.5. The zero-order valence-electron chi connectivity index (χ0n) is 16.3. The molecule has 1 unspecified atom stereocenters. The lowest BCUT2D eigenvalue weighted by Crippen LogP contribution is -2.42. The third-order valence-electron chi connectivity index (χ3n) is 4.86. The number of hydrogen-bond donors (Lipinski definition) is 1. The monoisotopic (exact) mass is 370 g/mol. The van der Waals surface area contributed by atoms with Crippen LogP contribution in [0.2, 0.25) is 0 Å². The van der Waals surface area contributed by atoms with Crippen LogP contribution in [0.15, 0.2) is 48.5 Å². The summed E-state index contributed by atoms with van der Waals surface area (Å²) in [7, 11) is 1.70. The molecule has 0 spiro atoms. The number of methoxy groups -OCH3 is 1. The Bertz CT molecular complexity index is 684. The Morgan fingerprint density at radius 3 is 2.56 bits per heavy atom. The Morgan fingerprint density at radius 1 is 1.07 bits per heavy atom. The van der Waals surface area contributed by atoms with E-state index in [1.54, 1.807) is 7.11 Å². The molecular formula is C22H30N2O3. The number of nitrogens with zero attached hydrogens (tertiary/aromatic N) is 1. The van der Waals surface area contributed by atoms with Crippen molar-refractivity contribution in [1.82, 2.24) is 10.2 Å². The van der Waals surface area contributed by atoms with Crippen LogP contribution < -0.4 is 14.8 Å². The molecule has 3 rings (SSSR count). The molecule has 1 N–H and O–H groups in total. The fourth-order valence-electron chi connectivity index (χ4n) is 3.44. The van der Waals surface area contributed by atoms with E-state index in [1.807, 2.05) is 31.2 Å². The van der Waals surface area contributed by atoms with Gasteiger partial charge in [0.1, 0.15) is 11.5 Å². The van der Waals surface area contributed by atoms with Crippen molar-refractivity contribution in [2.24, 2.45) is 0 Å². The van der Waals surface area contributed by atoms with Gasteiger partial charge in [-0.15, -0.1) is 0 Å². The van der Waals surface area contributed by atoms with E-state index in [2.05, 4.69) is 34.5 Å². The Labute approximate surface area is 162 Å². The molecule has 27 heavy (non-hydrogen) atoms. The fraction of sp³-hybridized carbons (Fsp3) is 0.455. The molecule has 5 nitrogen and oxygen atoms in total. The first-order valence-corrected chi connectivity index (χ1v) is 9.68. The second-order valence-corrected chi connectivity index (χ2v) is 6.65. The third-order valence-corrected chi connectivity index (χ3v) is 4.86. The van der Waals surface area contributed by atoms with E-state index in [0.717, 1.165) is 50.9 Å². The van der Waals surface area contributed by atoms with Crippen molar-refractivity contribution in [2.75, 3.05) is 46.6 Å². The van der Waals surface area contributed by atoms with Crippen LogP contribution in [0.5, 0.6) is 11.5 Å². The van der Waals surface area contributed by atoms with E-state index in [-0.39, 0.29) is 0 Å². The first-order chi connectivity index (χ1) is 13.3. The zero-order valence-corrected chi connectivity index (χ0v) is 16.3. The highest BCUT2D eigenvalue weighted by molar-refractivity contribution is 5.30. The normalized spacial score (nSPS) is 16.1. The molecule has 0 bridgehead atoms. The lowest BCUT2D eigenvalue weighted by atomic mass is 10.0. The first-order valence-electron chi connectivity index (χ1n) is 9.68. The predicted octanol–water partition coefficient (Wildman–Crippen LogP) is 3.26. The molecule has 1 saturated heterocycles. The van der Waals surface area contributed by atoms with E-state index in [4.69, 9.17) is 14.2 Å². The fourth-order valence-corrected chi connectivity index (χ4v) is 3.44. The van der Waals surface area contributed by atoms with E-state index >= 15 is 0 Å². The molecule has 0 aromatic heterocycles. The van der Waals surface area contributed by atoms with Gasteiger partial charge < -0.3 is 19.5 Å². The van der Waals surface area contributed by atoms with Crippen molar-refractivity contribution in [2.45, 2.75) is 19.5 Å². The molecule has 1 fully saturated rings. The van der Waals surface area contributed by atoms with Crippen LogP contribution in [0.25, 0.3) is 0 Å². The summed E-state index contributed by atoms with van der Waals surface area (Å²) in [5, 5.41) is 3.63. The minimum atomic E-state index is 0.315. The molecule has 0 radical (unpaired) electrons. The van der Waals surface area contributed by atoms with Gasteiger partial charge >= 0.3 is 0 Å². The maximum absolute atomic E-state index is 5.60. The minimum Gasteiger partial charge on any atom is -0.497 e. The number of nitrogens with one attached hydrogen (secondary N) is 1. The van der Waals surface area contributed by atoms with Gasteiger partial charge in [-0.3, -0.25) is 4.90 Å². The van der Waals surface area contributed by atoms with Gasteiger partial charge in [0.05, 0.1) is 26.9 Å². The van der Waals surface area contributed by atoms with Gasteiger partial charge in [0.15, 0.2) is 0 Å². The molecule has 5 heteroatoms. The van der Waals surface area contributed by atoms with Crippen molar-refractivity contribution in [3.63, 3.8) is 0 Å². The minimum absolute atomic E-state index is 0.315. The number of morpholine rings is 1. The summed E-state index contributed by atoms with van der Waals surface area (Å²) in [6.45, 7) is 7.89. The van der Waals surface area contributed by atoms with Gasteiger partial charge in [0.25, 0.3) is 0 Å². The van der Waals surface area contributed by atoms with Gasteiger partial charge in [-0.05, 0) is 42.3 Å². The summed E-state index contributed by atoms with van der Waals surface area (Å²) in [6.07, 6.45) is 0. The summed E-state index contributed by atoms with van der Waals surface area (Å²) in [5.74, 6) is 1.82. The van der Waals surface area contributed by atoms with Crippen molar-refractivity contribution >= 4 is 0 Å². The average Bonchev–Trinajstić information content (AvgIpc) is 2.73. The Balaban J connectivity index is 1.64. The van der Waals surface area contributed by atoms with E-state index in [1.165, 1.54) is 11.1 Å². The van der Waals surface area contributed by atoms with Crippen molar-refractivity contribution in [3.8, 4) is 11.5 Å². The Kier molecular flexibility index (Phi) is 7.51. The standard InChI is InChI=1S/C22H30N2O3/c1-3-27-21-6-4-5-18(15-21)16-23-17-22(24-11-13-26-14-12-24)19-7-9-20(25-2)10-8-19/h4-10,15,22-23H,3,11-14,16-17H2,1-2H3. The molecule has 0 amide bonds. The quantitative estimate of drug-likeness (QED) is 0.734. The summed E-state index contributed by atoms with van der Waals surface area (Å²) >= 11 is 0. The smallest absolute Gasteiger partial charge is 0.119 e. The summed E-state index contributed by atoms with van der Waals surface area (Å²) in [6, 6.07) is 17.0. The maximum atomic E-state index is 5.60. The second-order valence-electron chi connectivity index (χ2n) is 6.65. The second kappa shape index (κ2) is 10.3. The van der Waals surface area contributed by atoms with Crippen molar-refractivity contribution < 1.29 is 14.2 Å². The lowest BCUT2D eigenvalue weighted by Gasteiger charge is -2.35. The maximum Gasteiger partial charge on any atom is 0.119 e. The van der Waals surface area contributed by atoms with Crippen molar-refractivity contribution in [1.29, 1.82) is 0 Å². The molecule has 1 atom stereocenters. The van der Waals surface area contributed by atoms with Gasteiger partial charge in [-0.2, -0.15) is 0 Å². The highest BCUT2D eigenvalue weighted by Gasteiger charge is 2.22. The van der Waals surface area contributed by atoms with Crippen LogP contribution in [0, 0.1) is 0 Å². The van der Waals surface area contributed by atoms with Crippen LogP contribution in [0.1, 0.15) is 24.1 Å². The van der Waals surface area contributed by atoms with E-state index < -0.39 is 0 Å². The summed E-state index contributed by atoms with van der Waals surface area (Å²) in [4.78, 5) is 2.49. The molecular weight excluding hydrogens is 340 g/mol. The molecule has 0 saturated carbocycles. The number of rotatable bonds is 9. The summed E-state index contributed by atoms with van der Waals surface area (Å²) in [5.41, 5.74) is 2.53. The van der Waals surface area contributed by atoms with Crippen molar-refractivity contribution in [3.05, 3.63) is 59.7 Å². The van der Waals surface area contributed by atoms with Crippen LogP contribution >= 0.6 is 0 Å². The van der Waals surface area contributed by atoms with Crippen LogP contribution in [0.4, 0.5) is 0 Å².